The number of morpholine rings is 1. The largest absolute Gasteiger partial charge is 0.450 e. The van der Waals surface area contributed by atoms with Crippen molar-refractivity contribution in [3.63, 3.8) is 0 Å². The van der Waals surface area contributed by atoms with E-state index in [0.29, 0.717) is 59.1 Å². The third-order valence-corrected chi connectivity index (χ3v) is 4.13. The number of carbonyl (C=O) groups excluding carboxylic acids is 3. The molecule has 0 radical (unpaired) electrons. The summed E-state index contributed by atoms with van der Waals surface area (Å²) in [5, 5.41) is 2.74. The summed E-state index contributed by atoms with van der Waals surface area (Å²) in [6.07, 6.45) is -0.349. The van der Waals surface area contributed by atoms with Gasteiger partial charge in [0, 0.05) is 39.3 Å². The van der Waals surface area contributed by atoms with Crippen LogP contribution in [-0.2, 0) is 14.3 Å². The SMILES string of the molecule is CCOC(=O)N1CCN(C(=O)[C@H](C)NC(=O)N2CCOCC2)CC1. The lowest BCUT2D eigenvalue weighted by Gasteiger charge is -2.36. The summed E-state index contributed by atoms with van der Waals surface area (Å²) in [6.45, 7) is 7.64. The van der Waals surface area contributed by atoms with Gasteiger partial charge < -0.3 is 29.5 Å². The van der Waals surface area contributed by atoms with Crippen molar-refractivity contribution >= 4 is 18.0 Å². The Kier molecular flexibility index (Phi) is 6.65. The minimum absolute atomic E-state index is 0.139. The maximum absolute atomic E-state index is 12.5. The molecule has 2 heterocycles. The highest BCUT2D eigenvalue weighted by Crippen LogP contribution is 2.06. The minimum atomic E-state index is -0.602. The van der Waals surface area contributed by atoms with Crippen LogP contribution in [0, 0.1) is 0 Å². The Morgan fingerprint density at radius 3 is 2.17 bits per heavy atom. The Morgan fingerprint density at radius 1 is 1.00 bits per heavy atom. The van der Waals surface area contributed by atoms with Crippen LogP contribution in [0.4, 0.5) is 9.59 Å². The van der Waals surface area contributed by atoms with E-state index < -0.39 is 6.04 Å². The van der Waals surface area contributed by atoms with Gasteiger partial charge >= 0.3 is 12.1 Å². The minimum Gasteiger partial charge on any atom is -0.450 e. The monoisotopic (exact) mass is 342 g/mol. The number of nitrogens with one attached hydrogen (secondary N) is 1. The molecule has 136 valence electrons. The number of hydrogen-bond donors (Lipinski definition) is 1. The summed E-state index contributed by atoms with van der Waals surface area (Å²) in [5.41, 5.74) is 0. The van der Waals surface area contributed by atoms with Crippen molar-refractivity contribution in [2.24, 2.45) is 0 Å². The maximum atomic E-state index is 12.5. The molecule has 0 aliphatic carbocycles. The highest BCUT2D eigenvalue weighted by Gasteiger charge is 2.29. The molecule has 2 aliphatic heterocycles. The maximum Gasteiger partial charge on any atom is 0.409 e. The van der Waals surface area contributed by atoms with Gasteiger partial charge in [-0.25, -0.2) is 9.59 Å². The van der Waals surface area contributed by atoms with Gasteiger partial charge in [-0.05, 0) is 13.8 Å². The van der Waals surface area contributed by atoms with Gasteiger partial charge in [0.1, 0.15) is 6.04 Å². The molecule has 0 unspecified atom stereocenters. The molecule has 4 amide bonds. The van der Waals surface area contributed by atoms with Crippen molar-refractivity contribution in [1.82, 2.24) is 20.0 Å². The average molecular weight is 342 g/mol. The molecule has 9 heteroatoms. The fourth-order valence-corrected chi connectivity index (χ4v) is 2.70. The van der Waals surface area contributed by atoms with E-state index in [0.717, 1.165) is 0 Å². The van der Waals surface area contributed by atoms with Crippen molar-refractivity contribution in [1.29, 1.82) is 0 Å². The second kappa shape index (κ2) is 8.72. The van der Waals surface area contributed by atoms with Gasteiger partial charge in [-0.3, -0.25) is 4.79 Å². The van der Waals surface area contributed by atoms with Crippen LogP contribution in [-0.4, -0.2) is 97.9 Å². The Hall–Kier alpha value is -2.03. The summed E-state index contributed by atoms with van der Waals surface area (Å²) < 4.78 is 10.2. The molecule has 1 atom stereocenters. The zero-order valence-electron chi connectivity index (χ0n) is 14.3. The number of nitrogens with zero attached hydrogens (tertiary/aromatic N) is 3. The quantitative estimate of drug-likeness (QED) is 0.761. The van der Waals surface area contributed by atoms with Crippen LogP contribution in [0.25, 0.3) is 0 Å². The van der Waals surface area contributed by atoms with Gasteiger partial charge in [-0.1, -0.05) is 0 Å². The van der Waals surface area contributed by atoms with Gasteiger partial charge in [0.2, 0.25) is 5.91 Å². The molecule has 0 aromatic carbocycles. The number of amides is 4. The predicted octanol–water partition coefficient (Wildman–Crippen LogP) is -0.283. The number of rotatable bonds is 3. The first-order chi connectivity index (χ1) is 11.5. The summed E-state index contributed by atoms with van der Waals surface area (Å²) in [6, 6.07) is -0.848. The lowest BCUT2D eigenvalue weighted by atomic mass is 10.2. The van der Waals surface area contributed by atoms with Gasteiger partial charge in [0.15, 0.2) is 0 Å². The molecule has 0 aromatic rings. The predicted molar refractivity (Wildman–Crippen MR) is 85.6 cm³/mol. The Morgan fingerprint density at radius 2 is 1.58 bits per heavy atom. The molecule has 9 nitrogen and oxygen atoms in total. The molecule has 2 rings (SSSR count). The zero-order valence-corrected chi connectivity index (χ0v) is 14.3. The molecule has 2 fully saturated rings. The molecular weight excluding hydrogens is 316 g/mol. The smallest absolute Gasteiger partial charge is 0.409 e. The van der Waals surface area contributed by atoms with E-state index in [1.807, 2.05) is 0 Å². The van der Waals surface area contributed by atoms with E-state index in [1.54, 1.807) is 28.5 Å². The highest BCUT2D eigenvalue weighted by molar-refractivity contribution is 5.87. The van der Waals surface area contributed by atoms with E-state index in [-0.39, 0.29) is 18.0 Å². The summed E-state index contributed by atoms with van der Waals surface area (Å²) in [4.78, 5) is 41.1. The number of carbonyl (C=O) groups is 3. The summed E-state index contributed by atoms with van der Waals surface area (Å²) in [7, 11) is 0. The Bertz CT molecular complexity index is 459. The molecule has 2 saturated heterocycles. The first-order valence-corrected chi connectivity index (χ1v) is 8.36. The summed E-state index contributed by atoms with van der Waals surface area (Å²) >= 11 is 0. The Labute approximate surface area is 141 Å². The van der Waals surface area contributed by atoms with Crippen molar-refractivity contribution in [3.05, 3.63) is 0 Å². The van der Waals surface area contributed by atoms with Crippen molar-refractivity contribution in [2.45, 2.75) is 19.9 Å². The van der Waals surface area contributed by atoms with Crippen LogP contribution >= 0.6 is 0 Å². The van der Waals surface area contributed by atoms with Crippen LogP contribution in [0.3, 0.4) is 0 Å². The van der Waals surface area contributed by atoms with E-state index in [2.05, 4.69) is 5.32 Å². The number of piperazine rings is 1. The van der Waals surface area contributed by atoms with Crippen LogP contribution < -0.4 is 5.32 Å². The van der Waals surface area contributed by atoms with Crippen molar-refractivity contribution in [2.75, 3.05) is 59.1 Å². The van der Waals surface area contributed by atoms with Crippen LogP contribution in [0.5, 0.6) is 0 Å². The lowest BCUT2D eigenvalue weighted by molar-refractivity contribution is -0.134. The van der Waals surface area contributed by atoms with Crippen molar-refractivity contribution < 1.29 is 23.9 Å². The molecule has 0 spiro atoms. The number of urea groups is 1. The third-order valence-electron chi connectivity index (χ3n) is 4.13. The molecule has 2 aliphatic rings. The molecule has 0 saturated carbocycles. The van der Waals surface area contributed by atoms with Gasteiger partial charge in [-0.15, -0.1) is 0 Å². The normalized spacial score (nSPS) is 19.7. The molecule has 24 heavy (non-hydrogen) atoms. The number of hydrogen-bond acceptors (Lipinski definition) is 5. The van der Waals surface area contributed by atoms with Crippen LogP contribution in [0.15, 0.2) is 0 Å². The molecule has 0 bridgehead atoms. The second-order valence-electron chi connectivity index (χ2n) is 5.78. The highest BCUT2D eigenvalue weighted by atomic mass is 16.6. The topological polar surface area (TPSA) is 91.4 Å². The molecule has 1 N–H and O–H groups in total. The number of ether oxygens (including phenoxy) is 2. The fourth-order valence-electron chi connectivity index (χ4n) is 2.70. The van der Waals surface area contributed by atoms with E-state index in [1.165, 1.54) is 0 Å². The summed E-state index contributed by atoms with van der Waals surface area (Å²) in [5.74, 6) is -0.139. The van der Waals surface area contributed by atoms with Gasteiger partial charge in [-0.2, -0.15) is 0 Å². The Balaban J connectivity index is 1.77. The average Bonchev–Trinajstić information content (AvgIpc) is 2.62. The van der Waals surface area contributed by atoms with E-state index >= 15 is 0 Å². The van der Waals surface area contributed by atoms with Gasteiger partial charge in [0.05, 0.1) is 19.8 Å². The first-order valence-electron chi connectivity index (χ1n) is 8.36. The fraction of sp³-hybridized carbons (Fsp3) is 0.800. The molecule has 0 aromatic heterocycles. The van der Waals surface area contributed by atoms with Crippen molar-refractivity contribution in [3.8, 4) is 0 Å². The second-order valence-corrected chi connectivity index (χ2v) is 5.78. The van der Waals surface area contributed by atoms with E-state index in [9.17, 15) is 14.4 Å². The van der Waals surface area contributed by atoms with Crippen LogP contribution in [0.2, 0.25) is 0 Å². The van der Waals surface area contributed by atoms with E-state index in [4.69, 9.17) is 9.47 Å². The third kappa shape index (κ3) is 4.73. The zero-order chi connectivity index (χ0) is 17.5. The lowest BCUT2D eigenvalue weighted by Crippen LogP contribution is -2.57. The molecular formula is C15H26N4O5. The first kappa shape index (κ1) is 18.3. The standard InChI is InChI=1S/C15H26N4O5/c1-3-24-15(22)19-6-4-17(5-7-19)13(20)12(2)16-14(21)18-8-10-23-11-9-18/h12H,3-11H2,1-2H3,(H,16,21)/t12-/m0/s1. The van der Waals surface area contributed by atoms with Gasteiger partial charge in [0.25, 0.3) is 0 Å². The van der Waals surface area contributed by atoms with Crippen LogP contribution in [0.1, 0.15) is 13.8 Å².